The number of pyridine rings is 1. The summed E-state index contributed by atoms with van der Waals surface area (Å²) < 4.78 is 24.1. The Bertz CT molecular complexity index is 5160. The molecule has 12 unspecified atom stereocenters. The normalized spacial score (nSPS) is 23.4. The van der Waals surface area contributed by atoms with E-state index in [9.17, 15) is 57.5 Å². The van der Waals surface area contributed by atoms with Crippen LogP contribution in [0.2, 0.25) is 0 Å². The maximum atomic E-state index is 13.6. The lowest BCUT2D eigenvalue weighted by atomic mass is 9.84. The van der Waals surface area contributed by atoms with Crippen molar-refractivity contribution in [3.63, 3.8) is 0 Å². The number of nitrogens with one attached hydrogen (secondary N) is 6. The molecule has 7 amide bonds. The Morgan fingerprint density at radius 2 is 0.968 bits per heavy atom. The predicted molar refractivity (Wildman–Crippen MR) is 473 cm³/mol. The number of amides is 7. The van der Waals surface area contributed by atoms with Crippen LogP contribution in [-0.2, 0) is 57.3 Å². The molecule has 4 saturated heterocycles. The molecule has 5 aromatic heterocycles. The Morgan fingerprint density at radius 1 is 0.504 bits per heavy atom. The Morgan fingerprint density at radius 3 is 1.40 bits per heavy atom. The maximum absolute atomic E-state index is 13.6. The van der Waals surface area contributed by atoms with Crippen LogP contribution in [0, 0.1) is 23.7 Å². The zero-order valence-electron chi connectivity index (χ0n) is 71.7. The number of benzene rings is 3. The lowest BCUT2D eigenvalue weighted by Gasteiger charge is -2.31. The Hall–Kier alpha value is -10.7. The molecule has 32 heteroatoms. The number of aromatic nitrogens is 4. The van der Waals surface area contributed by atoms with Crippen LogP contribution in [0.1, 0.15) is 211 Å². The number of Topliss-reactive ketones (excluding diaryl/α,β-unsaturated/α-hetero) is 4. The largest absolute Gasteiger partial charge is 0.476 e. The van der Waals surface area contributed by atoms with E-state index >= 15 is 0 Å². The average Bonchev–Trinajstić information content (AvgIpc) is 1.63. The number of nitrogens with two attached hydrogens (primary N) is 2. The van der Waals surface area contributed by atoms with Crippen LogP contribution in [0.3, 0.4) is 0 Å². The first-order valence-electron chi connectivity index (χ1n) is 42.9. The molecule has 664 valence electrons. The van der Waals surface area contributed by atoms with Gasteiger partial charge in [-0.1, -0.05) is 110 Å². The lowest BCUT2D eigenvalue weighted by Crippen LogP contribution is -2.60. The van der Waals surface area contributed by atoms with Crippen LogP contribution in [0.4, 0.5) is 0 Å². The Kier molecular flexibility index (Phi) is 31.1. The van der Waals surface area contributed by atoms with Crippen molar-refractivity contribution in [2.75, 3.05) is 26.4 Å². The number of ketones is 4. The number of carboxylic acid groups (broad SMARTS) is 1. The van der Waals surface area contributed by atoms with E-state index in [0.29, 0.717) is 79.5 Å². The predicted octanol–water partition coefficient (Wildman–Crippen LogP) is 11.5. The monoisotopic (exact) mass is 1760 g/mol. The molecule has 3 aromatic carbocycles. The third-order valence-corrected chi connectivity index (χ3v) is 26.8. The van der Waals surface area contributed by atoms with Crippen LogP contribution in [0.5, 0.6) is 0 Å². The molecule has 4 saturated carbocycles. The fraction of sp³-hybridized carbons (Fsp3) is 0.473. The fourth-order valence-corrected chi connectivity index (χ4v) is 20.1. The highest BCUT2D eigenvalue weighted by molar-refractivity contribution is 7.14. The molecule has 125 heavy (non-hydrogen) atoms. The molecule has 16 rings (SSSR count). The molecule has 4 aliphatic heterocycles. The molecule has 4 aliphatic carbocycles. The number of carboxylic acids is 1. The molecule has 11 N–H and O–H groups in total. The number of carbonyl (C=O) groups excluding carboxylic acids is 11. The number of carbonyl (C=O) groups is 12. The number of thiophene rings is 2. The first kappa shape index (κ1) is 93.4. The molecule has 0 radical (unpaired) electrons. The van der Waals surface area contributed by atoms with Crippen LogP contribution in [-0.4, -0.2) is 186 Å². The second-order valence-corrected chi connectivity index (χ2v) is 37.6. The quantitative estimate of drug-likeness (QED) is 0.0231. The number of fused-ring (bicyclic) bond motifs is 4. The van der Waals surface area contributed by atoms with E-state index in [0.717, 1.165) is 88.5 Å². The minimum atomic E-state index is -0.983. The second kappa shape index (κ2) is 41.6. The van der Waals surface area contributed by atoms with Gasteiger partial charge in [-0.05, 0) is 197 Å². The summed E-state index contributed by atoms with van der Waals surface area (Å²) in [6.45, 7) is 16.3. The van der Waals surface area contributed by atoms with Crippen LogP contribution < -0.4 is 43.4 Å². The number of primary amides is 1. The van der Waals surface area contributed by atoms with Gasteiger partial charge in [-0.15, -0.1) is 34.0 Å². The molecule has 9 heterocycles. The SMILES string of the molecule is CC(C)CC(C(=O)NC12CCCC1OCC2=O)c1cc(-n2ccnc2)ccc1C(N)=O.CC(C)CC(N)C(=O)NC12CCCC1OCC2=O.CC(C)CC(NC(=O)c1ccc(-c2cccs2)cc1)C(=O)NC12CCCC1OCC2=O.CC(C)CC(NC(=O)c1cncc(-c2cccs2)c1)C(=O)NC12CCCC1OCC2=O.O=C(O)c1csc(-c2ccccc2)n1. The van der Waals surface area contributed by atoms with Crippen molar-refractivity contribution in [3.05, 3.63) is 178 Å². The maximum Gasteiger partial charge on any atom is 0.355 e. The van der Waals surface area contributed by atoms with Gasteiger partial charge in [0.05, 0.1) is 48.3 Å². The van der Waals surface area contributed by atoms with Crippen LogP contribution in [0.15, 0.2) is 150 Å². The second-order valence-electron chi connectivity index (χ2n) is 34.8. The van der Waals surface area contributed by atoms with E-state index in [1.807, 2.05) is 139 Å². The number of aromatic carboxylic acids is 1. The van der Waals surface area contributed by atoms with Gasteiger partial charge in [0.2, 0.25) is 29.5 Å². The zero-order chi connectivity index (χ0) is 89.5. The highest BCUT2D eigenvalue weighted by Crippen LogP contribution is 2.43. The molecular weight excluding hydrogens is 1650 g/mol. The van der Waals surface area contributed by atoms with E-state index in [-0.39, 0.29) is 133 Å². The number of rotatable bonds is 27. The first-order chi connectivity index (χ1) is 59.8. The van der Waals surface area contributed by atoms with Gasteiger partial charge in [0.15, 0.2) is 28.8 Å². The van der Waals surface area contributed by atoms with E-state index in [4.69, 9.17) is 35.5 Å². The topological polar surface area (TPSA) is 430 Å². The first-order valence-corrected chi connectivity index (χ1v) is 45.5. The van der Waals surface area contributed by atoms with Crippen molar-refractivity contribution in [2.45, 2.75) is 229 Å². The number of ether oxygens (including phenoxy) is 4. The summed E-state index contributed by atoms with van der Waals surface area (Å²) in [5.41, 5.74) is 13.4. The minimum absolute atomic E-state index is 0.00454. The molecule has 8 aliphatic rings. The standard InChI is InChI=1S/C24H28N2O4S.C23H28N4O4.C23H27N3O4S.C13H22N2O3.C10H7NO2S/c1-15(2)13-18(23(29)26-24-11-3-6-21(24)30-14-20(24)27)25-22(28)17-9-7-16(8-10-17)19-5-4-12-31-19;1-14(2)10-18(22(30)26-23-7-3-4-20(23)31-12-19(23)28)17-11-15(27-9-8-25-13-27)5-6-16(17)21(24)29;1-14(2)9-17(22(29)26-23-7-3-6-20(23)30-13-19(23)27)25-21(28)16-10-15(11-24-12-16)18-5-4-8-31-18;1-8(2)6-9(14)12(17)15-13-5-3-4-11(13)18-7-10(13)16;12-10(13)8-6-14-9(11-8)7-4-2-1-3-5-7/h4-5,7-10,12,15,18,21H,3,6,11,13-14H2,1-2H3,(H,25,28)(H,26,29);5-6,8-9,11,13-14,18,20H,3-4,7,10,12H2,1-2H3,(H2,24,29)(H,26,30);4-5,8,10-12,14,17,20H,3,6-7,9,13H2,1-2H3,(H,25,28)(H,26,29);8-9,11H,3-7,14H2,1-2H3,(H,15,17);1-6H,(H,12,13). The van der Waals surface area contributed by atoms with E-state index in [1.54, 1.807) is 87.9 Å². The zero-order valence-corrected chi connectivity index (χ0v) is 74.1. The summed E-state index contributed by atoms with van der Waals surface area (Å²) in [4.78, 5) is 165. The Balaban J connectivity index is 0.000000146. The summed E-state index contributed by atoms with van der Waals surface area (Å²) in [6, 6.07) is 29.8. The lowest BCUT2D eigenvalue weighted by molar-refractivity contribution is -0.131. The smallest absolute Gasteiger partial charge is 0.355 e. The van der Waals surface area contributed by atoms with E-state index in [1.165, 1.54) is 17.5 Å². The summed E-state index contributed by atoms with van der Waals surface area (Å²) >= 11 is 4.55. The number of hydrogen-bond donors (Lipinski definition) is 9. The van der Waals surface area contributed by atoms with Gasteiger partial charge in [0, 0.05) is 67.9 Å². The van der Waals surface area contributed by atoms with Gasteiger partial charge < -0.3 is 72.0 Å². The molecule has 0 bridgehead atoms. The Labute approximate surface area is 738 Å². The van der Waals surface area contributed by atoms with Crippen molar-refractivity contribution in [1.82, 2.24) is 51.4 Å². The van der Waals surface area contributed by atoms with Gasteiger partial charge in [0.1, 0.15) is 65.7 Å². The highest BCUT2D eigenvalue weighted by Gasteiger charge is 2.59. The summed E-state index contributed by atoms with van der Waals surface area (Å²) in [6.07, 6.45) is 18.4. The number of imidazole rings is 1. The van der Waals surface area contributed by atoms with Crippen molar-refractivity contribution >= 4 is 104 Å². The average molecular weight is 1770 g/mol. The van der Waals surface area contributed by atoms with Gasteiger partial charge in [0.25, 0.3) is 11.8 Å². The van der Waals surface area contributed by atoms with E-state index < -0.39 is 58.1 Å². The van der Waals surface area contributed by atoms with Gasteiger partial charge >= 0.3 is 5.97 Å². The van der Waals surface area contributed by atoms with Crippen molar-refractivity contribution in [2.24, 2.45) is 35.1 Å². The van der Waals surface area contributed by atoms with Crippen molar-refractivity contribution in [1.29, 1.82) is 0 Å². The third kappa shape index (κ3) is 22.0. The molecular formula is C93H112N12O17S3. The minimum Gasteiger partial charge on any atom is -0.476 e. The number of hydrogen-bond acceptors (Lipinski definition) is 23. The summed E-state index contributed by atoms with van der Waals surface area (Å²) in [5, 5.41) is 32.5. The molecule has 8 fully saturated rings. The van der Waals surface area contributed by atoms with Gasteiger partial charge in [-0.25, -0.2) is 14.8 Å². The highest BCUT2D eigenvalue weighted by atomic mass is 32.1. The number of thiazole rings is 1. The summed E-state index contributed by atoms with van der Waals surface area (Å²) in [5.74, 6) is -3.32. The molecule has 8 aromatic rings. The van der Waals surface area contributed by atoms with Crippen molar-refractivity contribution < 1.29 is 81.6 Å². The molecule has 29 nitrogen and oxygen atoms in total. The van der Waals surface area contributed by atoms with Gasteiger partial charge in [-0.2, -0.15) is 0 Å². The van der Waals surface area contributed by atoms with E-state index in [2.05, 4.69) is 46.9 Å². The van der Waals surface area contributed by atoms with Crippen LogP contribution >= 0.6 is 34.0 Å². The van der Waals surface area contributed by atoms with Gasteiger partial charge in [-0.3, -0.25) is 57.7 Å². The third-order valence-electron chi connectivity index (χ3n) is 24.1. The fourth-order valence-electron chi connectivity index (χ4n) is 17.8. The molecule has 0 spiro atoms. The number of nitrogens with zero attached hydrogens (tertiary/aromatic N) is 4. The van der Waals surface area contributed by atoms with Crippen LogP contribution in [0.25, 0.3) is 37.1 Å². The van der Waals surface area contributed by atoms with Crippen molar-refractivity contribution in [3.8, 4) is 37.1 Å². The molecule has 12 atom stereocenters. The summed E-state index contributed by atoms with van der Waals surface area (Å²) in [7, 11) is 0.